The fourth-order valence-electron chi connectivity index (χ4n) is 2.04. The van der Waals surface area contributed by atoms with E-state index in [1.165, 1.54) is 4.90 Å². The lowest BCUT2D eigenvalue weighted by Gasteiger charge is -2.21. The second kappa shape index (κ2) is 7.83. The molecule has 3 amide bonds. The molecule has 1 aromatic carbocycles. The van der Waals surface area contributed by atoms with E-state index in [1.807, 2.05) is 30.3 Å². The quantitative estimate of drug-likeness (QED) is 0.474. The number of carbonyl (C=O) groups excluding carboxylic acids is 3. The van der Waals surface area contributed by atoms with Crippen molar-refractivity contribution >= 4 is 29.5 Å². The van der Waals surface area contributed by atoms with Crippen LogP contribution in [0, 0.1) is 0 Å². The molecule has 21 heavy (non-hydrogen) atoms. The highest BCUT2D eigenvalue weighted by Crippen LogP contribution is 2.18. The molecule has 5 nitrogen and oxygen atoms in total. The van der Waals surface area contributed by atoms with Crippen LogP contribution in [-0.2, 0) is 14.4 Å². The van der Waals surface area contributed by atoms with Crippen LogP contribution in [0.15, 0.2) is 35.2 Å². The summed E-state index contributed by atoms with van der Waals surface area (Å²) >= 11 is 1.71. The molecule has 0 saturated carbocycles. The van der Waals surface area contributed by atoms with Crippen LogP contribution >= 0.6 is 11.8 Å². The molecule has 0 radical (unpaired) electrons. The maximum atomic E-state index is 11.8. The molecule has 1 aliphatic rings. The molecule has 0 aromatic heterocycles. The van der Waals surface area contributed by atoms with E-state index in [9.17, 15) is 14.4 Å². The molecule has 112 valence electrons. The Bertz CT molecular complexity index is 519. The lowest BCUT2D eigenvalue weighted by molar-refractivity contribution is -0.137. The monoisotopic (exact) mass is 306 g/mol. The van der Waals surface area contributed by atoms with Crippen LogP contribution in [-0.4, -0.2) is 29.5 Å². The third-order valence-electron chi connectivity index (χ3n) is 3.13. The Balaban J connectivity index is 1.63. The van der Waals surface area contributed by atoms with Gasteiger partial charge in [0, 0.05) is 17.7 Å². The van der Waals surface area contributed by atoms with Gasteiger partial charge in [0.1, 0.15) is 6.04 Å². The number of carbonyl (C=O) groups is 3. The fraction of sp³-hybridized carbons (Fsp3) is 0.400. The van der Waals surface area contributed by atoms with Gasteiger partial charge in [-0.2, -0.15) is 0 Å². The van der Waals surface area contributed by atoms with E-state index in [4.69, 9.17) is 0 Å². The molecule has 1 aliphatic heterocycles. The van der Waals surface area contributed by atoms with E-state index in [2.05, 4.69) is 10.6 Å². The van der Waals surface area contributed by atoms with E-state index >= 15 is 0 Å². The predicted molar refractivity (Wildman–Crippen MR) is 80.7 cm³/mol. The molecule has 0 aliphatic carbocycles. The first-order chi connectivity index (χ1) is 10.1. The Morgan fingerprint density at radius 3 is 2.76 bits per heavy atom. The number of hydrogen-bond acceptors (Lipinski definition) is 4. The summed E-state index contributed by atoms with van der Waals surface area (Å²) in [5.74, 6) is 0.0356. The highest BCUT2D eigenvalue weighted by Gasteiger charge is 2.27. The molecule has 0 spiro atoms. The smallest absolute Gasteiger partial charge is 0.249 e. The van der Waals surface area contributed by atoms with E-state index in [0.717, 1.165) is 12.2 Å². The first kappa shape index (κ1) is 15.6. The summed E-state index contributed by atoms with van der Waals surface area (Å²) in [6.45, 7) is 0. The number of thioether (sulfide) groups is 1. The second-order valence-corrected chi connectivity index (χ2v) is 6.00. The topological polar surface area (TPSA) is 75.3 Å². The third-order valence-corrected chi connectivity index (χ3v) is 4.23. The summed E-state index contributed by atoms with van der Waals surface area (Å²) in [7, 11) is 0. The van der Waals surface area contributed by atoms with Crippen LogP contribution in [0.1, 0.15) is 25.7 Å². The number of amides is 3. The van der Waals surface area contributed by atoms with Crippen molar-refractivity contribution in [2.24, 2.45) is 0 Å². The SMILES string of the molecule is O=C1CCC(NC(=O)CCCSc2ccccc2)C(=O)N1. The van der Waals surface area contributed by atoms with E-state index < -0.39 is 11.9 Å². The molecule has 2 N–H and O–H groups in total. The van der Waals surface area contributed by atoms with E-state index in [-0.39, 0.29) is 18.2 Å². The van der Waals surface area contributed by atoms with Crippen LogP contribution in [0.3, 0.4) is 0 Å². The molecule has 1 saturated heterocycles. The molecular weight excluding hydrogens is 288 g/mol. The van der Waals surface area contributed by atoms with Gasteiger partial charge < -0.3 is 5.32 Å². The maximum Gasteiger partial charge on any atom is 0.249 e. The number of nitrogens with one attached hydrogen (secondary N) is 2. The number of rotatable bonds is 6. The number of piperidine rings is 1. The van der Waals surface area contributed by atoms with Gasteiger partial charge >= 0.3 is 0 Å². The zero-order chi connectivity index (χ0) is 15.1. The van der Waals surface area contributed by atoms with Crippen molar-refractivity contribution in [3.05, 3.63) is 30.3 Å². The molecular formula is C15H18N2O3S. The van der Waals surface area contributed by atoms with Gasteiger partial charge in [-0.25, -0.2) is 0 Å². The molecule has 2 rings (SSSR count). The Labute approximate surface area is 127 Å². The minimum Gasteiger partial charge on any atom is -0.344 e. The highest BCUT2D eigenvalue weighted by atomic mass is 32.2. The summed E-state index contributed by atoms with van der Waals surface area (Å²) in [5.41, 5.74) is 0. The largest absolute Gasteiger partial charge is 0.344 e. The van der Waals surface area contributed by atoms with E-state index in [1.54, 1.807) is 11.8 Å². The minimum atomic E-state index is -0.572. The maximum absolute atomic E-state index is 11.8. The number of benzene rings is 1. The fourth-order valence-corrected chi connectivity index (χ4v) is 2.91. The van der Waals surface area contributed by atoms with Gasteiger partial charge in [0.05, 0.1) is 0 Å². The Kier molecular flexibility index (Phi) is 5.80. The van der Waals surface area contributed by atoms with Gasteiger partial charge in [0.25, 0.3) is 0 Å². The minimum absolute atomic E-state index is 0.141. The molecule has 1 atom stereocenters. The second-order valence-electron chi connectivity index (χ2n) is 4.84. The molecule has 1 unspecified atom stereocenters. The summed E-state index contributed by atoms with van der Waals surface area (Å²) in [4.78, 5) is 35.5. The molecule has 1 heterocycles. The van der Waals surface area contributed by atoms with E-state index in [0.29, 0.717) is 12.8 Å². The highest BCUT2D eigenvalue weighted by molar-refractivity contribution is 7.99. The molecule has 1 fully saturated rings. The number of imide groups is 1. The van der Waals surface area contributed by atoms with Crippen molar-refractivity contribution in [3.8, 4) is 0 Å². The van der Waals surface area contributed by atoms with Crippen molar-refractivity contribution in [1.82, 2.24) is 10.6 Å². The third kappa shape index (κ3) is 5.23. The normalized spacial score (nSPS) is 18.2. The lowest BCUT2D eigenvalue weighted by Crippen LogP contribution is -2.52. The van der Waals surface area contributed by atoms with Crippen LogP contribution in [0.25, 0.3) is 0 Å². The summed E-state index contributed by atoms with van der Waals surface area (Å²) < 4.78 is 0. The van der Waals surface area contributed by atoms with Crippen molar-refractivity contribution in [2.75, 3.05) is 5.75 Å². The van der Waals surface area contributed by atoms with Crippen molar-refractivity contribution < 1.29 is 14.4 Å². The average Bonchev–Trinajstić information content (AvgIpc) is 2.48. The number of hydrogen-bond donors (Lipinski definition) is 2. The van der Waals surface area contributed by atoms with Gasteiger partial charge in [0.15, 0.2) is 0 Å². The first-order valence-electron chi connectivity index (χ1n) is 6.96. The summed E-state index contributed by atoms with van der Waals surface area (Å²) in [6, 6.07) is 9.44. The molecule has 6 heteroatoms. The zero-order valence-corrected chi connectivity index (χ0v) is 12.4. The van der Waals surface area contributed by atoms with Gasteiger partial charge in [-0.1, -0.05) is 18.2 Å². The first-order valence-corrected chi connectivity index (χ1v) is 7.94. The van der Waals surface area contributed by atoms with Gasteiger partial charge in [0.2, 0.25) is 17.7 Å². The van der Waals surface area contributed by atoms with Crippen LogP contribution in [0.2, 0.25) is 0 Å². The lowest BCUT2D eigenvalue weighted by atomic mass is 10.1. The van der Waals surface area contributed by atoms with Crippen molar-refractivity contribution in [3.63, 3.8) is 0 Å². The van der Waals surface area contributed by atoms with Crippen LogP contribution in [0.4, 0.5) is 0 Å². The van der Waals surface area contributed by atoms with Gasteiger partial charge in [-0.05, 0) is 30.7 Å². The predicted octanol–water partition coefficient (Wildman–Crippen LogP) is 1.48. The molecule has 0 bridgehead atoms. The Morgan fingerprint density at radius 2 is 2.05 bits per heavy atom. The molecule has 1 aromatic rings. The Morgan fingerprint density at radius 1 is 1.29 bits per heavy atom. The summed E-state index contributed by atoms with van der Waals surface area (Å²) in [6.07, 6.45) is 1.80. The standard InChI is InChI=1S/C15H18N2O3S/c18-13(16-12-8-9-14(19)17-15(12)20)7-4-10-21-11-5-2-1-3-6-11/h1-3,5-6,12H,4,7-10H2,(H,16,18)(H,17,19,20). The zero-order valence-electron chi connectivity index (χ0n) is 11.6. The Hall–Kier alpha value is -1.82. The van der Waals surface area contributed by atoms with Crippen molar-refractivity contribution in [2.45, 2.75) is 36.6 Å². The van der Waals surface area contributed by atoms with Crippen LogP contribution in [0.5, 0.6) is 0 Å². The van der Waals surface area contributed by atoms with Crippen LogP contribution < -0.4 is 10.6 Å². The summed E-state index contributed by atoms with van der Waals surface area (Å²) in [5, 5.41) is 4.90. The average molecular weight is 306 g/mol. The van der Waals surface area contributed by atoms with Crippen molar-refractivity contribution in [1.29, 1.82) is 0 Å². The van der Waals surface area contributed by atoms with Gasteiger partial charge in [-0.15, -0.1) is 11.8 Å². The van der Waals surface area contributed by atoms with Gasteiger partial charge in [-0.3, -0.25) is 19.7 Å².